The molecule has 2 aliphatic heterocycles. The summed E-state index contributed by atoms with van der Waals surface area (Å²) in [5, 5.41) is 29.0. The molecule has 4 aromatic carbocycles. The second-order valence-corrected chi connectivity index (χ2v) is 22.2. The number of fused-ring (bicyclic) bond motifs is 6. The summed E-state index contributed by atoms with van der Waals surface area (Å²) in [6, 6.07) is 18.5. The number of anilines is 1. The van der Waals surface area contributed by atoms with Crippen molar-refractivity contribution < 1.29 is 59.8 Å². The van der Waals surface area contributed by atoms with E-state index in [4.69, 9.17) is 22.1 Å². The first-order valence-electron chi connectivity index (χ1n) is 21.1. The van der Waals surface area contributed by atoms with Gasteiger partial charge in [-0.25, -0.2) is 10.5 Å². The molecule has 4 aromatic rings. The van der Waals surface area contributed by atoms with Gasteiger partial charge in [0.05, 0.1) is 28.1 Å². The summed E-state index contributed by atoms with van der Waals surface area (Å²) in [4.78, 5) is 2.80. The predicted octanol–water partition coefficient (Wildman–Crippen LogP) is 11.4. The van der Waals surface area contributed by atoms with E-state index in [1.165, 1.54) is 12.1 Å². The zero-order valence-electron chi connectivity index (χ0n) is 36.3. The van der Waals surface area contributed by atoms with E-state index in [1.54, 1.807) is 6.07 Å². The van der Waals surface area contributed by atoms with Gasteiger partial charge in [0, 0.05) is 75.2 Å². The normalized spacial score (nSPS) is 18.6. The lowest BCUT2D eigenvalue weighted by molar-refractivity contribution is -0.438. The third kappa shape index (κ3) is 10.8. The molecule has 3 aliphatic rings. The van der Waals surface area contributed by atoms with E-state index in [0.29, 0.717) is 42.1 Å². The summed E-state index contributed by atoms with van der Waals surface area (Å²) in [5.74, 6) is 0.281. The molecule has 0 saturated heterocycles. The molecule has 0 radical (unpaired) electrons. The molecule has 0 amide bonds. The summed E-state index contributed by atoms with van der Waals surface area (Å²) < 4.78 is 78.0. The van der Waals surface area contributed by atoms with E-state index in [1.807, 2.05) is 36.4 Å². The van der Waals surface area contributed by atoms with E-state index in [9.17, 15) is 25.9 Å². The lowest BCUT2D eigenvalue weighted by Gasteiger charge is -2.27. The maximum atomic E-state index is 12.0. The Kier molecular flexibility index (Phi) is 15.4. The molecule has 0 saturated carbocycles. The minimum atomic E-state index is -4.39. The monoisotopic (exact) mass is 987 g/mol. The van der Waals surface area contributed by atoms with Crippen LogP contribution in [0.25, 0.3) is 21.5 Å². The van der Waals surface area contributed by atoms with Crippen molar-refractivity contribution >= 4 is 94.6 Å². The highest BCUT2D eigenvalue weighted by molar-refractivity contribution is 7.94. The largest absolute Gasteiger partial charge is 0.344 e. The fourth-order valence-corrected chi connectivity index (χ4v) is 11.7. The van der Waals surface area contributed by atoms with Crippen LogP contribution in [0.4, 0.5) is 11.4 Å². The van der Waals surface area contributed by atoms with Crippen LogP contribution in [0.3, 0.4) is 0 Å². The number of allylic oxidation sites excluding steroid dienone is 8. The Labute approximate surface area is 392 Å². The fraction of sp³-hybridized carbons (Fsp3) is 0.370. The molecule has 65 heavy (non-hydrogen) atoms. The van der Waals surface area contributed by atoms with Crippen molar-refractivity contribution in [2.24, 2.45) is 0 Å². The molecule has 0 spiro atoms. The molecule has 4 N–H and O–H groups in total. The third-order valence-corrected chi connectivity index (χ3v) is 15.7. The smallest absolute Gasteiger partial charge is 0.294 e. The van der Waals surface area contributed by atoms with Gasteiger partial charge in [-0.2, -0.15) is 21.4 Å². The highest BCUT2D eigenvalue weighted by atomic mass is 35.5. The van der Waals surface area contributed by atoms with Gasteiger partial charge in [-0.05, 0) is 133 Å². The molecule has 14 nitrogen and oxygen atoms in total. The third-order valence-electron chi connectivity index (χ3n) is 12.4. The number of hydrogen-bond donors (Lipinski definition) is 4. The summed E-state index contributed by atoms with van der Waals surface area (Å²) in [6.07, 6.45) is 13.3. The van der Waals surface area contributed by atoms with Gasteiger partial charge in [0.15, 0.2) is 5.71 Å². The van der Waals surface area contributed by atoms with Crippen molar-refractivity contribution in [1.29, 1.82) is 0 Å². The van der Waals surface area contributed by atoms with E-state index in [-0.39, 0.29) is 10.6 Å². The first-order chi connectivity index (χ1) is 30.9. The minimum absolute atomic E-state index is 0.166. The van der Waals surface area contributed by atoms with Gasteiger partial charge in [0.2, 0.25) is 5.69 Å². The SMILES string of the molecule is CC1(C)C(/C=C/C2=C(Cl)C(=C/C=C3/N(CCCCS(=O)(=O)O)c4ccc5cc(SOOO)ccc5c4C3(C)C)/CCC2)=[N+](CCCCSOOO)c2ccc3cc(S(=O)(=O)O)ccc3c21. The lowest BCUT2D eigenvalue weighted by Crippen LogP contribution is -2.28. The molecular formula is C46H52ClN2O12S4+. The number of halogens is 1. The average Bonchev–Trinajstić information content (AvgIpc) is 3.61. The molecule has 0 fully saturated rings. The molecule has 1 aliphatic carbocycles. The molecule has 348 valence electrons. The van der Waals surface area contributed by atoms with Gasteiger partial charge in [-0.1, -0.05) is 65.9 Å². The minimum Gasteiger partial charge on any atom is -0.344 e. The Morgan fingerprint density at radius 2 is 1.52 bits per heavy atom. The quantitative estimate of drug-likeness (QED) is 0.0173. The molecule has 0 atom stereocenters. The zero-order valence-corrected chi connectivity index (χ0v) is 40.3. The van der Waals surface area contributed by atoms with Gasteiger partial charge in [-0.15, -0.1) is 8.67 Å². The van der Waals surface area contributed by atoms with E-state index in [2.05, 4.69) is 86.3 Å². The second-order valence-electron chi connectivity index (χ2n) is 17.3. The summed E-state index contributed by atoms with van der Waals surface area (Å²) in [6.45, 7) is 9.83. The van der Waals surface area contributed by atoms with Crippen LogP contribution in [0.5, 0.6) is 0 Å². The number of hydrogen-bond acceptors (Lipinski definition) is 13. The van der Waals surface area contributed by atoms with Crippen molar-refractivity contribution in [2.75, 3.05) is 29.5 Å². The van der Waals surface area contributed by atoms with Crippen LogP contribution in [0, 0.1) is 0 Å². The van der Waals surface area contributed by atoms with E-state index in [0.717, 1.165) is 122 Å². The molecule has 0 unspecified atom stereocenters. The number of nitrogens with zero attached hydrogens (tertiary/aromatic N) is 2. The summed E-state index contributed by atoms with van der Waals surface area (Å²) in [7, 11) is -8.49. The number of unbranched alkanes of at least 4 members (excludes halogenated alkanes) is 2. The summed E-state index contributed by atoms with van der Waals surface area (Å²) in [5.41, 5.74) is 7.19. The summed E-state index contributed by atoms with van der Waals surface area (Å²) >= 11 is 9.23. The van der Waals surface area contributed by atoms with Gasteiger partial charge >= 0.3 is 0 Å². The van der Waals surface area contributed by atoms with Crippen LogP contribution in [-0.4, -0.2) is 71.3 Å². The topological polar surface area (TPSA) is 192 Å². The molecular weight excluding hydrogens is 936 g/mol. The molecule has 0 aromatic heterocycles. The van der Waals surface area contributed by atoms with Crippen molar-refractivity contribution in [1.82, 2.24) is 0 Å². The van der Waals surface area contributed by atoms with Crippen molar-refractivity contribution in [3.63, 3.8) is 0 Å². The van der Waals surface area contributed by atoms with Gasteiger partial charge in [0.25, 0.3) is 20.2 Å². The fourth-order valence-electron chi connectivity index (χ4n) is 9.50. The Morgan fingerprint density at radius 3 is 2.26 bits per heavy atom. The van der Waals surface area contributed by atoms with Crippen LogP contribution >= 0.6 is 35.7 Å². The standard InChI is InChI=1S/C46H51ClN2O12S4/c1-45(2)41(49(25-6-8-27-64(52,53)54)38-20-12-32-28-34(63-61-59-51)16-18-36(32)42(38)45)23-15-31-11-9-10-30(44(31)47)14-22-40-46(3,4)43-37-19-17-35(65(55,56)57)29-33(37)13-21-39(43)48(40)24-5-7-26-62-60-58-50/h12-23,28-29H,5-11,24-27H2,1-4H3,(H3-,50,51,52,53,54,55,56,57)/p+1. The lowest BCUT2D eigenvalue weighted by atomic mass is 9.78. The molecule has 2 heterocycles. The van der Waals surface area contributed by atoms with Gasteiger partial charge in [0.1, 0.15) is 6.54 Å². The maximum Gasteiger partial charge on any atom is 0.294 e. The van der Waals surface area contributed by atoms with Crippen molar-refractivity contribution in [3.8, 4) is 0 Å². The van der Waals surface area contributed by atoms with Crippen LogP contribution in [0.1, 0.15) is 83.8 Å². The second kappa shape index (κ2) is 20.3. The van der Waals surface area contributed by atoms with Crippen LogP contribution < -0.4 is 4.90 Å². The molecule has 7 rings (SSSR count). The Hall–Kier alpha value is -3.60. The maximum absolute atomic E-state index is 12.0. The number of rotatable bonds is 19. The number of benzene rings is 4. The van der Waals surface area contributed by atoms with Crippen LogP contribution in [0.2, 0.25) is 0 Å². The highest BCUT2D eigenvalue weighted by Crippen LogP contribution is 2.52. The van der Waals surface area contributed by atoms with Crippen LogP contribution in [0.15, 0.2) is 117 Å². The first-order valence-corrected chi connectivity index (χ1v) is 26.2. The Bertz CT molecular complexity index is 2870. The Balaban J connectivity index is 1.24. The van der Waals surface area contributed by atoms with Gasteiger partial charge in [-0.3, -0.25) is 9.11 Å². The molecule has 19 heteroatoms. The highest BCUT2D eigenvalue weighted by Gasteiger charge is 2.46. The van der Waals surface area contributed by atoms with E-state index >= 15 is 0 Å². The zero-order chi connectivity index (χ0) is 46.7. The average molecular weight is 989 g/mol. The predicted molar refractivity (Wildman–Crippen MR) is 256 cm³/mol. The van der Waals surface area contributed by atoms with E-state index < -0.39 is 31.1 Å². The first kappa shape index (κ1) is 49.3. The van der Waals surface area contributed by atoms with Gasteiger partial charge < -0.3 is 4.90 Å². The Morgan fingerprint density at radius 1 is 0.800 bits per heavy atom. The molecule has 0 bridgehead atoms. The van der Waals surface area contributed by atoms with Crippen LogP contribution in [-0.2, 0) is 49.8 Å². The van der Waals surface area contributed by atoms with Crippen molar-refractivity contribution in [2.45, 2.75) is 93.3 Å². The van der Waals surface area contributed by atoms with Crippen molar-refractivity contribution in [3.05, 3.63) is 118 Å².